The summed E-state index contributed by atoms with van der Waals surface area (Å²) in [7, 11) is 0. The molecule has 1 aliphatic heterocycles. The van der Waals surface area contributed by atoms with Crippen LogP contribution in [0, 0.1) is 0 Å². The maximum atomic E-state index is 13.1. The van der Waals surface area contributed by atoms with E-state index in [1.807, 2.05) is 68.4 Å². The SMILES string of the molecule is CC(C)(N)c1cccc(N/C(=C2\C(=O)Nc3cc(Cl)ccc32)c2cccc(CCC(=O)O)c2)c1. The van der Waals surface area contributed by atoms with E-state index in [1.165, 1.54) is 0 Å². The summed E-state index contributed by atoms with van der Waals surface area (Å²) in [5.41, 5.74) is 11.6. The Bertz CT molecular complexity index is 1310. The second kappa shape index (κ2) is 9.33. The first kappa shape index (κ1) is 23.5. The Labute approximate surface area is 203 Å². The van der Waals surface area contributed by atoms with Gasteiger partial charge in [-0.1, -0.05) is 48.0 Å². The third kappa shape index (κ3) is 5.14. The molecule has 0 aliphatic carbocycles. The number of carboxylic acid groups (broad SMARTS) is 1. The van der Waals surface area contributed by atoms with Crippen LogP contribution in [0.25, 0.3) is 11.3 Å². The van der Waals surface area contributed by atoms with Gasteiger partial charge in [0.15, 0.2) is 0 Å². The van der Waals surface area contributed by atoms with Crippen molar-refractivity contribution in [2.75, 3.05) is 10.6 Å². The van der Waals surface area contributed by atoms with Gasteiger partial charge in [-0.05, 0) is 67.3 Å². The number of aliphatic carboxylic acids is 1. The van der Waals surface area contributed by atoms with Crippen molar-refractivity contribution in [3.63, 3.8) is 0 Å². The molecule has 0 aromatic heterocycles. The van der Waals surface area contributed by atoms with Crippen LogP contribution < -0.4 is 16.4 Å². The van der Waals surface area contributed by atoms with Gasteiger partial charge in [-0.3, -0.25) is 9.59 Å². The normalized spacial score (nSPS) is 14.4. The predicted octanol–water partition coefficient (Wildman–Crippen LogP) is 5.48. The zero-order valence-electron chi connectivity index (χ0n) is 19.0. The number of rotatable bonds is 7. The number of anilines is 2. The van der Waals surface area contributed by atoms with Crippen molar-refractivity contribution < 1.29 is 14.7 Å². The average Bonchev–Trinajstić information content (AvgIpc) is 3.10. The molecule has 1 heterocycles. The number of nitrogens with two attached hydrogens (primary N) is 1. The minimum atomic E-state index is -0.857. The first-order valence-corrected chi connectivity index (χ1v) is 11.3. The van der Waals surface area contributed by atoms with Gasteiger partial charge >= 0.3 is 5.97 Å². The van der Waals surface area contributed by atoms with Crippen molar-refractivity contribution >= 4 is 46.1 Å². The van der Waals surface area contributed by atoms with Crippen molar-refractivity contribution in [2.45, 2.75) is 32.2 Å². The summed E-state index contributed by atoms with van der Waals surface area (Å²) in [6, 6.07) is 20.6. The largest absolute Gasteiger partial charge is 0.481 e. The van der Waals surface area contributed by atoms with Crippen LogP contribution >= 0.6 is 11.6 Å². The Morgan fingerprint density at radius 2 is 1.85 bits per heavy atom. The van der Waals surface area contributed by atoms with Gasteiger partial charge in [-0.15, -0.1) is 0 Å². The smallest absolute Gasteiger partial charge is 0.303 e. The van der Waals surface area contributed by atoms with Gasteiger partial charge in [0.05, 0.1) is 17.0 Å². The molecule has 34 heavy (non-hydrogen) atoms. The summed E-state index contributed by atoms with van der Waals surface area (Å²) in [6.45, 7) is 3.86. The maximum Gasteiger partial charge on any atom is 0.303 e. The van der Waals surface area contributed by atoms with E-state index in [9.17, 15) is 9.59 Å². The molecule has 0 atom stereocenters. The van der Waals surface area contributed by atoms with Gasteiger partial charge < -0.3 is 21.5 Å². The van der Waals surface area contributed by atoms with E-state index < -0.39 is 11.5 Å². The van der Waals surface area contributed by atoms with Gasteiger partial charge in [0.1, 0.15) is 0 Å². The van der Waals surface area contributed by atoms with Crippen molar-refractivity contribution in [1.29, 1.82) is 0 Å². The number of aryl methyl sites for hydroxylation is 1. The summed E-state index contributed by atoms with van der Waals surface area (Å²) >= 11 is 6.14. The molecular formula is C27H26ClN3O3. The van der Waals surface area contributed by atoms with Gasteiger partial charge in [-0.25, -0.2) is 0 Å². The number of hydrogen-bond acceptors (Lipinski definition) is 4. The summed E-state index contributed by atoms with van der Waals surface area (Å²) in [6.07, 6.45) is 0.416. The highest BCUT2D eigenvalue weighted by Gasteiger charge is 2.29. The highest BCUT2D eigenvalue weighted by atomic mass is 35.5. The molecule has 0 unspecified atom stereocenters. The second-order valence-corrected chi connectivity index (χ2v) is 9.35. The number of carbonyl (C=O) groups is 2. The molecule has 5 N–H and O–H groups in total. The molecule has 7 heteroatoms. The zero-order chi connectivity index (χ0) is 24.5. The van der Waals surface area contributed by atoms with Gasteiger partial charge in [0.25, 0.3) is 5.91 Å². The van der Waals surface area contributed by atoms with Crippen LogP contribution in [0.5, 0.6) is 0 Å². The van der Waals surface area contributed by atoms with E-state index in [1.54, 1.807) is 12.1 Å². The number of carbonyl (C=O) groups excluding carboxylic acids is 1. The van der Waals surface area contributed by atoms with Crippen molar-refractivity contribution in [3.8, 4) is 0 Å². The Morgan fingerprint density at radius 3 is 2.59 bits per heavy atom. The molecule has 3 aromatic carbocycles. The number of amides is 1. The minimum absolute atomic E-state index is 0.0260. The summed E-state index contributed by atoms with van der Waals surface area (Å²) in [5.74, 6) is -1.10. The monoisotopic (exact) mass is 475 g/mol. The Kier molecular flexibility index (Phi) is 6.46. The molecule has 0 spiro atoms. The summed E-state index contributed by atoms with van der Waals surface area (Å²) < 4.78 is 0. The zero-order valence-corrected chi connectivity index (χ0v) is 19.7. The van der Waals surface area contributed by atoms with Crippen LogP contribution in [-0.4, -0.2) is 17.0 Å². The highest BCUT2D eigenvalue weighted by Crippen LogP contribution is 2.39. The van der Waals surface area contributed by atoms with Crippen LogP contribution in [0.4, 0.5) is 11.4 Å². The van der Waals surface area contributed by atoms with Gasteiger partial charge in [0, 0.05) is 28.2 Å². The Morgan fingerprint density at radius 1 is 1.09 bits per heavy atom. The van der Waals surface area contributed by atoms with E-state index >= 15 is 0 Å². The molecule has 1 aliphatic rings. The molecule has 3 aromatic rings. The lowest BCUT2D eigenvalue weighted by Gasteiger charge is -2.21. The quantitative estimate of drug-likeness (QED) is 0.338. The van der Waals surface area contributed by atoms with E-state index in [0.717, 1.165) is 27.9 Å². The van der Waals surface area contributed by atoms with E-state index in [4.69, 9.17) is 22.4 Å². The fourth-order valence-corrected chi connectivity index (χ4v) is 4.12. The van der Waals surface area contributed by atoms with Crippen LogP contribution in [0.1, 0.15) is 42.5 Å². The molecule has 4 rings (SSSR count). The lowest BCUT2D eigenvalue weighted by Crippen LogP contribution is -2.28. The summed E-state index contributed by atoms with van der Waals surface area (Å²) in [4.78, 5) is 24.2. The maximum absolute atomic E-state index is 13.1. The molecular weight excluding hydrogens is 450 g/mol. The third-order valence-electron chi connectivity index (χ3n) is 5.70. The number of fused-ring (bicyclic) bond motifs is 1. The van der Waals surface area contributed by atoms with E-state index in [-0.39, 0.29) is 12.3 Å². The molecule has 0 saturated carbocycles. The van der Waals surface area contributed by atoms with Crippen LogP contribution in [0.2, 0.25) is 5.02 Å². The lowest BCUT2D eigenvalue weighted by molar-refractivity contribution is -0.137. The molecule has 0 radical (unpaired) electrons. The number of halogens is 1. The van der Waals surface area contributed by atoms with Crippen molar-refractivity contribution in [3.05, 3.63) is 94.0 Å². The fourth-order valence-electron chi connectivity index (χ4n) is 3.95. The number of carboxylic acids is 1. The van der Waals surface area contributed by atoms with Crippen LogP contribution in [-0.2, 0) is 21.5 Å². The fraction of sp³-hybridized carbons (Fsp3) is 0.185. The van der Waals surface area contributed by atoms with Gasteiger partial charge in [-0.2, -0.15) is 0 Å². The molecule has 1 amide bonds. The number of hydrogen-bond donors (Lipinski definition) is 4. The molecule has 0 saturated heterocycles. The standard InChI is InChI=1S/C27H26ClN3O3/c1-27(2,29)18-7-4-8-20(14-18)30-25(17-6-3-5-16(13-17)9-12-23(32)33)24-21-11-10-19(28)15-22(21)31-26(24)34/h3-8,10-11,13-15,30H,9,12,29H2,1-2H3,(H,31,34)(H,32,33)/b25-24-. The predicted molar refractivity (Wildman–Crippen MR) is 137 cm³/mol. The molecule has 6 nitrogen and oxygen atoms in total. The Hall–Kier alpha value is -3.61. The third-order valence-corrected chi connectivity index (χ3v) is 5.93. The average molecular weight is 476 g/mol. The first-order chi connectivity index (χ1) is 16.1. The topological polar surface area (TPSA) is 104 Å². The van der Waals surface area contributed by atoms with Crippen molar-refractivity contribution in [1.82, 2.24) is 0 Å². The van der Waals surface area contributed by atoms with Crippen LogP contribution in [0.3, 0.4) is 0 Å². The highest BCUT2D eigenvalue weighted by molar-refractivity contribution is 6.38. The first-order valence-electron chi connectivity index (χ1n) is 10.9. The number of benzene rings is 3. The lowest BCUT2D eigenvalue weighted by atomic mass is 9.94. The minimum Gasteiger partial charge on any atom is -0.481 e. The number of nitrogens with one attached hydrogen (secondary N) is 2. The van der Waals surface area contributed by atoms with Crippen LogP contribution in [0.15, 0.2) is 66.7 Å². The molecule has 0 bridgehead atoms. The van der Waals surface area contributed by atoms with Gasteiger partial charge in [0.2, 0.25) is 0 Å². The molecule has 0 fully saturated rings. The van der Waals surface area contributed by atoms with Crippen molar-refractivity contribution in [2.24, 2.45) is 5.73 Å². The second-order valence-electron chi connectivity index (χ2n) is 8.92. The van der Waals surface area contributed by atoms with E-state index in [2.05, 4.69) is 10.6 Å². The molecule has 174 valence electrons. The van der Waals surface area contributed by atoms with E-state index in [0.29, 0.717) is 28.4 Å². The summed E-state index contributed by atoms with van der Waals surface area (Å²) in [5, 5.41) is 16.0. The Balaban J connectivity index is 1.86.